The molecule has 200 valence electrons. The number of hydrogen-bond acceptors (Lipinski definition) is 0. The van der Waals surface area contributed by atoms with Crippen LogP contribution in [-0.4, -0.2) is 22.4 Å². The van der Waals surface area contributed by atoms with Crippen molar-refractivity contribution in [2.24, 2.45) is 0 Å². The molecule has 0 amide bonds. The molecule has 0 aromatic heterocycles. The van der Waals surface area contributed by atoms with E-state index in [4.69, 9.17) is 0 Å². The molecule has 3 atom stereocenters. The number of benzene rings is 6. The van der Waals surface area contributed by atoms with Gasteiger partial charge in [0.25, 0.3) is 0 Å². The second kappa shape index (κ2) is 10.2. The average molecular weight is 532 g/mol. The molecule has 1 unspecified atom stereocenters. The molecule has 41 heavy (non-hydrogen) atoms. The van der Waals surface area contributed by atoms with Crippen LogP contribution in [0.2, 0.25) is 0 Å². The first kappa shape index (κ1) is 24.4. The van der Waals surface area contributed by atoms with Gasteiger partial charge in [-0.3, -0.25) is 9.48 Å². The monoisotopic (exact) mass is 531 g/mol. The summed E-state index contributed by atoms with van der Waals surface area (Å²) in [5.41, 5.74) is 4.35. The minimum atomic E-state index is 0.332. The first-order chi connectivity index (χ1) is 20.3. The summed E-state index contributed by atoms with van der Waals surface area (Å²) in [5, 5.41) is 8.13. The van der Waals surface area contributed by atoms with E-state index in [9.17, 15) is 0 Å². The van der Waals surface area contributed by atoms with Gasteiger partial charge in [0.05, 0.1) is 6.54 Å². The lowest BCUT2D eigenvalue weighted by Gasteiger charge is -2.26. The molecule has 2 fully saturated rings. The third-order valence-corrected chi connectivity index (χ3v) is 9.56. The van der Waals surface area contributed by atoms with Gasteiger partial charge in [-0.15, -0.1) is 0 Å². The Morgan fingerprint density at radius 1 is 0.488 bits per heavy atom. The van der Waals surface area contributed by atoms with Crippen molar-refractivity contribution in [1.82, 2.24) is 4.90 Å². The van der Waals surface area contributed by atoms with E-state index in [0.717, 1.165) is 19.4 Å². The molecule has 2 nitrogen and oxygen atoms in total. The molecule has 0 radical (unpaired) electrons. The van der Waals surface area contributed by atoms with Gasteiger partial charge in [0.15, 0.2) is 0 Å². The Morgan fingerprint density at radius 2 is 0.927 bits per heavy atom. The van der Waals surface area contributed by atoms with E-state index >= 15 is 0 Å². The summed E-state index contributed by atoms with van der Waals surface area (Å²) in [5.74, 6) is 0. The molecule has 2 aliphatic rings. The second-order valence-corrected chi connectivity index (χ2v) is 11.8. The topological polar surface area (TPSA) is 6.25 Å². The van der Waals surface area contributed by atoms with Crippen LogP contribution < -0.4 is 0 Å². The van der Waals surface area contributed by atoms with Crippen LogP contribution in [0.5, 0.6) is 0 Å². The highest BCUT2D eigenvalue weighted by molar-refractivity contribution is 5.88. The van der Waals surface area contributed by atoms with Crippen molar-refractivity contribution in [3.05, 3.63) is 144 Å². The lowest BCUT2D eigenvalue weighted by molar-refractivity contribution is -0.550. The summed E-state index contributed by atoms with van der Waals surface area (Å²) in [4.78, 5) is 2.73. The summed E-state index contributed by atoms with van der Waals surface area (Å²) in [6.45, 7) is 1.09. The summed E-state index contributed by atoms with van der Waals surface area (Å²) in [6.07, 6.45) is 7.23. The Balaban J connectivity index is 1.28. The van der Waals surface area contributed by atoms with E-state index in [1.54, 1.807) is 0 Å². The maximum Gasteiger partial charge on any atom is 0.235 e. The molecule has 2 heteroatoms. The molecular weight excluding hydrogens is 496 g/mol. The highest BCUT2D eigenvalue weighted by Crippen LogP contribution is 2.46. The largest absolute Gasteiger partial charge is 0.261 e. The molecule has 8 rings (SSSR count). The van der Waals surface area contributed by atoms with Gasteiger partial charge in [-0.2, -0.15) is 0 Å². The third-order valence-electron chi connectivity index (χ3n) is 9.56. The quantitative estimate of drug-likeness (QED) is 0.162. The molecule has 2 heterocycles. The zero-order valence-corrected chi connectivity index (χ0v) is 23.4. The highest BCUT2D eigenvalue weighted by atomic mass is 15.3. The van der Waals surface area contributed by atoms with Gasteiger partial charge in [0, 0.05) is 16.7 Å². The first-order valence-electron chi connectivity index (χ1n) is 15.2. The standard InChI is InChI=1S/C39H35N2/c1-4-17-31-28(11-1)14-7-20-34(31)37-23-10-26-40(37)27-41-38(35-21-8-15-29-12-2-5-18-32(29)35)24-25-39(41)36-22-9-16-30-13-3-6-19-33(30)36/h1-9,11-22,27,37-39H,10,23-26H2/q+1/t37-,38-,39?/m1/s1. The summed E-state index contributed by atoms with van der Waals surface area (Å²) in [6, 6.07) is 48.3. The van der Waals surface area contributed by atoms with Crippen LogP contribution in [-0.2, 0) is 0 Å². The van der Waals surface area contributed by atoms with Crippen molar-refractivity contribution in [2.75, 3.05) is 6.54 Å². The van der Waals surface area contributed by atoms with Crippen molar-refractivity contribution in [3.8, 4) is 0 Å². The van der Waals surface area contributed by atoms with Crippen molar-refractivity contribution in [3.63, 3.8) is 0 Å². The van der Waals surface area contributed by atoms with Crippen LogP contribution in [0.3, 0.4) is 0 Å². The molecule has 2 aliphatic heterocycles. The van der Waals surface area contributed by atoms with E-state index in [2.05, 4.69) is 143 Å². The van der Waals surface area contributed by atoms with Crippen LogP contribution in [0.1, 0.15) is 60.5 Å². The lowest BCUT2D eigenvalue weighted by atomic mass is 9.97. The Labute approximate surface area is 242 Å². The molecule has 6 aromatic rings. The zero-order chi connectivity index (χ0) is 27.2. The van der Waals surface area contributed by atoms with Crippen LogP contribution in [0, 0.1) is 0 Å². The highest BCUT2D eigenvalue weighted by Gasteiger charge is 2.42. The Morgan fingerprint density at radius 3 is 1.46 bits per heavy atom. The lowest BCUT2D eigenvalue weighted by Crippen LogP contribution is -2.31. The fourth-order valence-corrected chi connectivity index (χ4v) is 7.68. The predicted octanol–water partition coefficient (Wildman–Crippen LogP) is 9.60. The van der Waals surface area contributed by atoms with Crippen molar-refractivity contribution in [2.45, 2.75) is 43.8 Å². The molecular formula is C39H35N2+. The maximum atomic E-state index is 2.73. The Kier molecular flexibility index (Phi) is 6.06. The number of likely N-dealkylation sites (tertiary alicyclic amines) is 1. The Hall–Kier alpha value is -4.43. The molecule has 0 bridgehead atoms. The van der Waals surface area contributed by atoms with Gasteiger partial charge in [0.1, 0.15) is 18.1 Å². The number of rotatable bonds is 4. The van der Waals surface area contributed by atoms with E-state index in [1.165, 1.54) is 61.8 Å². The second-order valence-electron chi connectivity index (χ2n) is 11.8. The fraction of sp³-hybridized carbons (Fsp3) is 0.205. The summed E-state index contributed by atoms with van der Waals surface area (Å²) >= 11 is 0. The normalized spacial score (nSPS) is 21.9. The van der Waals surface area contributed by atoms with Crippen LogP contribution in [0.25, 0.3) is 32.3 Å². The smallest absolute Gasteiger partial charge is 0.235 e. The van der Waals surface area contributed by atoms with Gasteiger partial charge in [-0.25, -0.2) is 0 Å². The van der Waals surface area contributed by atoms with Crippen molar-refractivity contribution < 1.29 is 4.58 Å². The van der Waals surface area contributed by atoms with Gasteiger partial charge < -0.3 is 0 Å². The average Bonchev–Trinajstić information content (AvgIpc) is 3.67. The number of nitrogens with zero attached hydrogens (tertiary/aromatic N) is 2. The van der Waals surface area contributed by atoms with Crippen LogP contribution in [0.15, 0.2) is 127 Å². The molecule has 0 aliphatic carbocycles. The SMILES string of the molecule is C(N1C(c2cccc3ccccc23)CC[C@@H]1c1cccc2ccccc12)=[N+]1CCC[C@@H]1c1cccc2ccccc12. The maximum absolute atomic E-state index is 2.73. The van der Waals surface area contributed by atoms with E-state index < -0.39 is 0 Å². The Bertz CT molecular complexity index is 1820. The molecule has 2 saturated heterocycles. The van der Waals surface area contributed by atoms with Crippen LogP contribution >= 0.6 is 0 Å². The van der Waals surface area contributed by atoms with E-state index in [-0.39, 0.29) is 0 Å². The molecule has 0 spiro atoms. The van der Waals surface area contributed by atoms with Gasteiger partial charge >= 0.3 is 0 Å². The predicted molar refractivity (Wildman–Crippen MR) is 172 cm³/mol. The van der Waals surface area contributed by atoms with Gasteiger partial charge in [0.2, 0.25) is 6.34 Å². The van der Waals surface area contributed by atoms with Gasteiger partial charge in [-0.05, 0) is 58.0 Å². The zero-order valence-electron chi connectivity index (χ0n) is 23.4. The van der Waals surface area contributed by atoms with Gasteiger partial charge in [-0.1, -0.05) is 127 Å². The fourth-order valence-electron chi connectivity index (χ4n) is 7.68. The summed E-state index contributed by atoms with van der Waals surface area (Å²) in [7, 11) is 0. The third kappa shape index (κ3) is 4.21. The summed E-state index contributed by atoms with van der Waals surface area (Å²) < 4.78 is 2.66. The minimum Gasteiger partial charge on any atom is -0.261 e. The number of fused-ring (bicyclic) bond motifs is 3. The molecule has 0 saturated carbocycles. The first-order valence-corrected chi connectivity index (χ1v) is 15.2. The number of hydrogen-bond donors (Lipinski definition) is 0. The van der Waals surface area contributed by atoms with E-state index in [0.29, 0.717) is 18.1 Å². The van der Waals surface area contributed by atoms with Crippen molar-refractivity contribution >= 4 is 38.7 Å². The van der Waals surface area contributed by atoms with Crippen molar-refractivity contribution in [1.29, 1.82) is 0 Å². The van der Waals surface area contributed by atoms with E-state index in [1.807, 2.05) is 0 Å². The van der Waals surface area contributed by atoms with Crippen LogP contribution in [0.4, 0.5) is 0 Å². The minimum absolute atomic E-state index is 0.332. The molecule has 0 N–H and O–H groups in total. The molecule has 6 aromatic carbocycles.